The second-order valence-electron chi connectivity index (χ2n) is 6.16. The van der Waals surface area contributed by atoms with Gasteiger partial charge in [-0.05, 0) is 55.8 Å². The van der Waals surface area contributed by atoms with Gasteiger partial charge in [-0.1, -0.05) is 29.3 Å². The van der Waals surface area contributed by atoms with Crippen LogP contribution in [0.15, 0.2) is 42.5 Å². The summed E-state index contributed by atoms with van der Waals surface area (Å²) in [5.41, 5.74) is -0.537. The molecule has 0 aliphatic heterocycles. The predicted octanol–water partition coefficient (Wildman–Crippen LogP) is 3.78. The number of ether oxygens (including phenoxy) is 2. The van der Waals surface area contributed by atoms with Crippen molar-refractivity contribution < 1.29 is 23.9 Å². The van der Waals surface area contributed by atoms with E-state index in [1.807, 2.05) is 0 Å². The number of Topliss-reactive ketones (excluding diaryl/α,β-unsaturated/α-hetero) is 1. The van der Waals surface area contributed by atoms with E-state index < -0.39 is 17.4 Å². The molecule has 0 saturated heterocycles. The fourth-order valence-corrected chi connectivity index (χ4v) is 2.80. The van der Waals surface area contributed by atoms with Crippen LogP contribution in [0.5, 0.6) is 5.75 Å². The number of halogens is 2. The number of amides is 1. The molecule has 0 aromatic heterocycles. The first kappa shape index (κ1) is 21.7. The summed E-state index contributed by atoms with van der Waals surface area (Å²) in [5, 5.41) is 3.17. The van der Waals surface area contributed by atoms with Crippen LogP contribution in [0.1, 0.15) is 29.8 Å². The Hall–Kier alpha value is -2.57. The summed E-state index contributed by atoms with van der Waals surface area (Å²) in [5.74, 6) is -0.881. The molecule has 6 nitrogen and oxygen atoms in total. The van der Waals surface area contributed by atoms with E-state index in [1.54, 1.807) is 30.3 Å². The molecule has 0 aliphatic rings. The Morgan fingerprint density at radius 2 is 1.68 bits per heavy atom. The molecule has 28 heavy (non-hydrogen) atoms. The summed E-state index contributed by atoms with van der Waals surface area (Å²) >= 11 is 12.0. The second kappa shape index (κ2) is 9.08. The minimum Gasteiger partial charge on any atom is -0.484 e. The van der Waals surface area contributed by atoms with E-state index in [-0.39, 0.29) is 17.4 Å². The van der Waals surface area contributed by atoms with Crippen molar-refractivity contribution in [3.8, 4) is 5.75 Å². The molecule has 0 saturated carbocycles. The number of methoxy groups -OCH3 is 1. The zero-order chi connectivity index (χ0) is 20.9. The number of carbonyl (C=O) groups is 3. The summed E-state index contributed by atoms with van der Waals surface area (Å²) in [6.07, 6.45) is 0. The highest BCUT2D eigenvalue weighted by atomic mass is 35.5. The quantitative estimate of drug-likeness (QED) is 0.541. The van der Waals surface area contributed by atoms with Gasteiger partial charge in [0.1, 0.15) is 5.75 Å². The van der Waals surface area contributed by atoms with Gasteiger partial charge in [-0.15, -0.1) is 0 Å². The minimum absolute atomic E-state index is 0.0697. The first-order chi connectivity index (χ1) is 13.2. The SMILES string of the molecule is COC(=O)C(C)(NC(=O)COc1ccc(C(C)=O)cc1)c1ccc(Cl)c(Cl)c1. The topological polar surface area (TPSA) is 81.7 Å². The van der Waals surface area contributed by atoms with Crippen molar-refractivity contribution in [1.82, 2.24) is 5.32 Å². The number of carbonyl (C=O) groups excluding carboxylic acids is 3. The standard InChI is InChI=1S/C20H19Cl2NO5/c1-12(24)13-4-7-15(8-5-13)28-11-18(25)23-20(2,19(26)27-3)14-6-9-16(21)17(22)10-14/h4-10H,11H2,1-3H3,(H,23,25). The Kier molecular flexibility index (Phi) is 7.05. The van der Waals surface area contributed by atoms with E-state index in [4.69, 9.17) is 32.7 Å². The van der Waals surface area contributed by atoms with Crippen LogP contribution in [0, 0.1) is 0 Å². The van der Waals surface area contributed by atoms with E-state index in [9.17, 15) is 14.4 Å². The van der Waals surface area contributed by atoms with Crippen LogP contribution < -0.4 is 10.1 Å². The number of benzene rings is 2. The third-order valence-electron chi connectivity index (χ3n) is 4.11. The van der Waals surface area contributed by atoms with Crippen molar-refractivity contribution in [1.29, 1.82) is 0 Å². The Bertz CT molecular complexity index is 898. The maximum absolute atomic E-state index is 12.4. The van der Waals surface area contributed by atoms with Crippen LogP contribution in [0.3, 0.4) is 0 Å². The van der Waals surface area contributed by atoms with E-state index in [2.05, 4.69) is 5.32 Å². The molecule has 2 rings (SSSR count). The normalized spacial score (nSPS) is 12.6. The van der Waals surface area contributed by atoms with Crippen LogP contribution in [0.4, 0.5) is 0 Å². The zero-order valence-corrected chi connectivity index (χ0v) is 17.1. The third kappa shape index (κ3) is 5.03. The molecule has 0 radical (unpaired) electrons. The number of hydrogen-bond acceptors (Lipinski definition) is 5. The first-order valence-electron chi connectivity index (χ1n) is 8.26. The first-order valence-corrected chi connectivity index (χ1v) is 9.01. The summed E-state index contributed by atoms with van der Waals surface area (Å²) < 4.78 is 10.3. The Morgan fingerprint density at radius 1 is 1.04 bits per heavy atom. The lowest BCUT2D eigenvalue weighted by Crippen LogP contribution is -2.51. The number of ketones is 1. The smallest absolute Gasteiger partial charge is 0.336 e. The highest BCUT2D eigenvalue weighted by Gasteiger charge is 2.38. The fourth-order valence-electron chi connectivity index (χ4n) is 2.50. The number of esters is 1. The lowest BCUT2D eigenvalue weighted by molar-refractivity contribution is -0.151. The summed E-state index contributed by atoms with van der Waals surface area (Å²) in [6.45, 7) is 2.62. The van der Waals surface area contributed by atoms with Crippen molar-refractivity contribution in [3.63, 3.8) is 0 Å². The Balaban J connectivity index is 2.13. The van der Waals surface area contributed by atoms with E-state index in [1.165, 1.54) is 33.1 Å². The van der Waals surface area contributed by atoms with Gasteiger partial charge in [-0.3, -0.25) is 9.59 Å². The lowest BCUT2D eigenvalue weighted by Gasteiger charge is -2.28. The predicted molar refractivity (Wildman–Crippen MR) is 106 cm³/mol. The number of hydrogen-bond donors (Lipinski definition) is 1. The molecule has 2 aromatic rings. The highest BCUT2D eigenvalue weighted by molar-refractivity contribution is 6.42. The molecule has 0 bridgehead atoms. The monoisotopic (exact) mass is 423 g/mol. The van der Waals surface area contributed by atoms with Crippen LogP contribution >= 0.6 is 23.2 Å². The average Bonchev–Trinajstić information content (AvgIpc) is 2.67. The van der Waals surface area contributed by atoms with Crippen LogP contribution in [-0.2, 0) is 19.9 Å². The highest BCUT2D eigenvalue weighted by Crippen LogP contribution is 2.29. The van der Waals surface area contributed by atoms with Gasteiger partial charge >= 0.3 is 5.97 Å². The maximum Gasteiger partial charge on any atom is 0.336 e. The van der Waals surface area contributed by atoms with Crippen LogP contribution in [0.2, 0.25) is 10.0 Å². The van der Waals surface area contributed by atoms with Gasteiger partial charge < -0.3 is 14.8 Å². The largest absolute Gasteiger partial charge is 0.484 e. The Labute approximate surface area is 172 Å². The van der Waals surface area contributed by atoms with E-state index in [0.29, 0.717) is 21.9 Å². The molecular weight excluding hydrogens is 405 g/mol. The molecule has 1 atom stereocenters. The molecule has 0 spiro atoms. The van der Waals surface area contributed by atoms with Gasteiger partial charge in [0.15, 0.2) is 17.9 Å². The molecule has 2 aromatic carbocycles. The Morgan fingerprint density at radius 3 is 2.21 bits per heavy atom. The van der Waals surface area contributed by atoms with Crippen molar-refractivity contribution in [2.24, 2.45) is 0 Å². The van der Waals surface area contributed by atoms with Gasteiger partial charge in [0.05, 0.1) is 17.2 Å². The second-order valence-corrected chi connectivity index (χ2v) is 6.98. The molecule has 1 amide bonds. The van der Waals surface area contributed by atoms with E-state index in [0.717, 1.165) is 0 Å². The van der Waals surface area contributed by atoms with Gasteiger partial charge in [0, 0.05) is 5.56 Å². The molecule has 1 unspecified atom stereocenters. The van der Waals surface area contributed by atoms with Crippen molar-refractivity contribution in [2.75, 3.05) is 13.7 Å². The number of rotatable bonds is 7. The van der Waals surface area contributed by atoms with Gasteiger partial charge in [0.25, 0.3) is 5.91 Å². The molecule has 148 valence electrons. The zero-order valence-electron chi connectivity index (χ0n) is 15.5. The lowest BCUT2D eigenvalue weighted by atomic mass is 9.92. The maximum atomic E-state index is 12.4. The van der Waals surface area contributed by atoms with Crippen molar-refractivity contribution in [3.05, 3.63) is 63.6 Å². The summed E-state index contributed by atoms with van der Waals surface area (Å²) in [6, 6.07) is 11.0. The number of nitrogens with one attached hydrogen (secondary N) is 1. The molecule has 0 aliphatic carbocycles. The average molecular weight is 424 g/mol. The van der Waals surface area contributed by atoms with Crippen molar-refractivity contribution >= 4 is 40.9 Å². The summed E-state index contributed by atoms with van der Waals surface area (Å²) in [4.78, 5) is 36.0. The third-order valence-corrected chi connectivity index (χ3v) is 4.85. The molecule has 0 fully saturated rings. The molecule has 0 heterocycles. The fraction of sp³-hybridized carbons (Fsp3) is 0.250. The molecular formula is C20H19Cl2NO5. The van der Waals surface area contributed by atoms with Gasteiger partial charge in [-0.25, -0.2) is 4.79 Å². The molecule has 8 heteroatoms. The molecule has 1 N–H and O–H groups in total. The van der Waals surface area contributed by atoms with Crippen LogP contribution in [-0.4, -0.2) is 31.4 Å². The van der Waals surface area contributed by atoms with Crippen molar-refractivity contribution in [2.45, 2.75) is 19.4 Å². The minimum atomic E-state index is -1.48. The van der Waals surface area contributed by atoms with Gasteiger partial charge in [0.2, 0.25) is 0 Å². The summed E-state index contributed by atoms with van der Waals surface area (Å²) in [7, 11) is 1.22. The van der Waals surface area contributed by atoms with Crippen LogP contribution in [0.25, 0.3) is 0 Å². The van der Waals surface area contributed by atoms with E-state index >= 15 is 0 Å². The van der Waals surface area contributed by atoms with Gasteiger partial charge in [-0.2, -0.15) is 0 Å².